The van der Waals surface area contributed by atoms with E-state index in [0.29, 0.717) is 34.6 Å². The van der Waals surface area contributed by atoms with Gasteiger partial charge in [-0.1, -0.05) is 11.3 Å². The molecule has 0 spiro atoms. The highest BCUT2D eigenvalue weighted by Gasteiger charge is 2.30. The van der Waals surface area contributed by atoms with Gasteiger partial charge in [-0.05, 0) is 25.7 Å². The molecule has 1 saturated heterocycles. The van der Waals surface area contributed by atoms with Crippen LogP contribution in [0.15, 0.2) is 22.7 Å². The average molecular weight is 460 g/mol. The maximum absolute atomic E-state index is 12.8. The van der Waals surface area contributed by atoms with Crippen molar-refractivity contribution in [2.75, 3.05) is 23.3 Å². The zero-order valence-corrected chi connectivity index (χ0v) is 18.2. The molecule has 2 aliphatic rings. The van der Waals surface area contributed by atoms with E-state index >= 15 is 0 Å². The van der Waals surface area contributed by atoms with Crippen molar-refractivity contribution in [1.82, 2.24) is 24.8 Å². The van der Waals surface area contributed by atoms with E-state index in [1.165, 1.54) is 33.6 Å². The Morgan fingerprint density at radius 1 is 1.16 bits per heavy atom. The molecule has 1 saturated carbocycles. The predicted octanol–water partition coefficient (Wildman–Crippen LogP) is 1.44. The van der Waals surface area contributed by atoms with Gasteiger partial charge in [0.05, 0.1) is 0 Å². The van der Waals surface area contributed by atoms with Crippen molar-refractivity contribution in [1.29, 1.82) is 0 Å². The summed E-state index contributed by atoms with van der Waals surface area (Å²) in [4.78, 5) is 52.2. The van der Waals surface area contributed by atoms with Crippen LogP contribution in [-0.4, -0.2) is 50.5 Å². The van der Waals surface area contributed by atoms with Crippen LogP contribution in [0, 0.1) is 5.92 Å². The number of amides is 2. The first kappa shape index (κ1) is 20.1. The van der Waals surface area contributed by atoms with Gasteiger partial charge in [0.1, 0.15) is 17.6 Å². The summed E-state index contributed by atoms with van der Waals surface area (Å²) in [6.07, 6.45) is 6.66. The summed E-state index contributed by atoms with van der Waals surface area (Å²) in [5.41, 5.74) is 0.0944. The number of piperidine rings is 1. The predicted molar refractivity (Wildman–Crippen MR) is 119 cm³/mol. The molecule has 162 valence electrons. The number of hydrogen-bond acceptors (Lipinski definition) is 9. The third kappa shape index (κ3) is 4.44. The van der Waals surface area contributed by atoms with Crippen molar-refractivity contribution in [2.24, 2.45) is 5.92 Å². The maximum Gasteiger partial charge on any atom is 0.273 e. The third-order valence-electron chi connectivity index (χ3n) is 5.43. The highest BCUT2D eigenvalue weighted by Crippen LogP contribution is 2.30. The maximum atomic E-state index is 12.8. The van der Waals surface area contributed by atoms with Crippen LogP contribution >= 0.6 is 22.7 Å². The number of rotatable bonds is 6. The van der Waals surface area contributed by atoms with Crippen molar-refractivity contribution in [3.8, 4) is 0 Å². The summed E-state index contributed by atoms with van der Waals surface area (Å²) in [5, 5.41) is 8.72. The minimum Gasteiger partial charge on any atom is -0.353 e. The molecule has 2 amide bonds. The molecule has 0 unspecified atom stereocenters. The lowest BCUT2D eigenvalue weighted by atomic mass is 9.96. The molecule has 12 heteroatoms. The smallest absolute Gasteiger partial charge is 0.273 e. The molecule has 0 atom stereocenters. The van der Waals surface area contributed by atoms with Crippen LogP contribution in [0.4, 0.5) is 10.3 Å². The molecule has 0 bridgehead atoms. The molecular weight excluding hydrogens is 438 g/mol. The van der Waals surface area contributed by atoms with Crippen molar-refractivity contribution >= 4 is 55.1 Å². The molecule has 1 aliphatic heterocycles. The van der Waals surface area contributed by atoms with E-state index in [9.17, 15) is 14.4 Å². The van der Waals surface area contributed by atoms with Gasteiger partial charge < -0.3 is 15.5 Å². The van der Waals surface area contributed by atoms with Crippen LogP contribution in [0.3, 0.4) is 0 Å². The Kier molecular flexibility index (Phi) is 5.40. The van der Waals surface area contributed by atoms with E-state index in [4.69, 9.17) is 0 Å². The van der Waals surface area contributed by atoms with Gasteiger partial charge in [-0.15, -0.1) is 11.3 Å². The summed E-state index contributed by atoms with van der Waals surface area (Å²) in [5.74, 6) is -0.139. The number of anilines is 2. The zero-order chi connectivity index (χ0) is 21.4. The first-order valence-electron chi connectivity index (χ1n) is 10.2. The van der Waals surface area contributed by atoms with Gasteiger partial charge in [0.25, 0.3) is 5.56 Å². The summed E-state index contributed by atoms with van der Waals surface area (Å²) in [6.45, 7) is 1.29. The van der Waals surface area contributed by atoms with Gasteiger partial charge >= 0.3 is 0 Å². The first-order valence-corrected chi connectivity index (χ1v) is 11.9. The Bertz CT molecular complexity index is 1160. The number of carbonyl (C=O) groups is 2. The van der Waals surface area contributed by atoms with Gasteiger partial charge in [0.2, 0.25) is 11.8 Å². The van der Waals surface area contributed by atoms with Crippen LogP contribution in [0.1, 0.15) is 25.7 Å². The first-order chi connectivity index (χ1) is 15.1. The molecule has 2 N–H and O–H groups in total. The molecule has 3 aromatic rings. The zero-order valence-electron chi connectivity index (χ0n) is 16.6. The minimum absolute atomic E-state index is 0.0397. The van der Waals surface area contributed by atoms with Crippen LogP contribution in [0.25, 0.3) is 10.3 Å². The van der Waals surface area contributed by atoms with Crippen LogP contribution in [0.5, 0.6) is 0 Å². The lowest BCUT2D eigenvalue weighted by Gasteiger charge is -2.30. The summed E-state index contributed by atoms with van der Waals surface area (Å²) >= 11 is 2.59. The number of hydrogen-bond donors (Lipinski definition) is 2. The van der Waals surface area contributed by atoms with Crippen LogP contribution in [0.2, 0.25) is 0 Å². The number of fused-ring (bicyclic) bond motifs is 1. The Morgan fingerprint density at radius 3 is 2.68 bits per heavy atom. The van der Waals surface area contributed by atoms with Gasteiger partial charge in [0.15, 0.2) is 15.9 Å². The molecule has 2 fully saturated rings. The van der Waals surface area contributed by atoms with E-state index in [1.54, 1.807) is 11.6 Å². The fourth-order valence-corrected chi connectivity index (χ4v) is 5.13. The van der Waals surface area contributed by atoms with E-state index < -0.39 is 0 Å². The molecule has 0 aromatic carbocycles. The highest BCUT2D eigenvalue weighted by molar-refractivity contribution is 7.22. The number of nitrogens with zero attached hydrogens (tertiary/aromatic N) is 5. The lowest BCUT2D eigenvalue weighted by Crippen LogP contribution is -2.41. The quantitative estimate of drug-likeness (QED) is 0.572. The fraction of sp³-hybridized carbons (Fsp3) is 0.474. The minimum atomic E-state index is -0.338. The summed E-state index contributed by atoms with van der Waals surface area (Å²) < 4.78 is 1.70. The second kappa shape index (κ2) is 8.35. The molecule has 5 rings (SSSR count). The Morgan fingerprint density at radius 2 is 1.97 bits per heavy atom. The molecule has 3 aromatic heterocycles. The van der Waals surface area contributed by atoms with Crippen LogP contribution in [-0.2, 0) is 16.1 Å². The van der Waals surface area contributed by atoms with Gasteiger partial charge in [-0.2, -0.15) is 4.98 Å². The monoisotopic (exact) mass is 459 g/mol. The van der Waals surface area contributed by atoms with Crippen molar-refractivity contribution < 1.29 is 9.59 Å². The Labute approximate surface area is 185 Å². The van der Waals surface area contributed by atoms with Crippen molar-refractivity contribution in [3.63, 3.8) is 0 Å². The summed E-state index contributed by atoms with van der Waals surface area (Å²) in [6, 6.07) is 0.381. The SMILES string of the molecule is O=C(Cn1cnc2nc(N3CCC(C(=O)NC4CC4)CC3)sc2c1=O)Nc1nccs1. The van der Waals surface area contributed by atoms with E-state index in [-0.39, 0.29) is 29.8 Å². The molecule has 10 nitrogen and oxygen atoms in total. The molecule has 0 radical (unpaired) electrons. The van der Waals surface area contributed by atoms with E-state index in [1.807, 2.05) is 0 Å². The molecule has 1 aliphatic carbocycles. The third-order valence-corrected chi connectivity index (χ3v) is 7.21. The number of nitrogens with one attached hydrogen (secondary N) is 2. The number of carbonyl (C=O) groups excluding carboxylic acids is 2. The molecule has 31 heavy (non-hydrogen) atoms. The summed E-state index contributed by atoms with van der Waals surface area (Å²) in [7, 11) is 0. The molecule has 4 heterocycles. The number of thiazole rings is 2. The van der Waals surface area contributed by atoms with Gasteiger partial charge in [-0.3, -0.25) is 19.0 Å². The van der Waals surface area contributed by atoms with Crippen molar-refractivity contribution in [3.05, 3.63) is 28.3 Å². The topological polar surface area (TPSA) is 122 Å². The van der Waals surface area contributed by atoms with Gasteiger partial charge in [-0.25, -0.2) is 9.97 Å². The van der Waals surface area contributed by atoms with E-state index in [0.717, 1.165) is 30.8 Å². The van der Waals surface area contributed by atoms with E-state index in [2.05, 4.69) is 30.5 Å². The fourth-order valence-electron chi connectivity index (χ4n) is 3.56. The average Bonchev–Trinajstić information content (AvgIpc) is 3.24. The van der Waals surface area contributed by atoms with Crippen molar-refractivity contribution in [2.45, 2.75) is 38.3 Å². The Hall–Kier alpha value is -2.86. The largest absolute Gasteiger partial charge is 0.353 e. The normalized spacial score (nSPS) is 17.1. The number of aromatic nitrogens is 4. The standard InChI is InChI=1S/C19H21N7O3S2/c27-13(23-18-20-5-8-30-18)9-26-10-21-15-14(17(26)29)31-19(24-15)25-6-3-11(4-7-25)16(28)22-12-1-2-12/h5,8,10-12H,1-4,6-7,9H2,(H,22,28)(H,20,23,27). The second-order valence-corrected chi connectivity index (χ2v) is 9.63. The second-order valence-electron chi connectivity index (χ2n) is 7.76. The molecular formula is C19H21N7O3S2. The lowest BCUT2D eigenvalue weighted by molar-refractivity contribution is -0.125. The van der Waals surface area contributed by atoms with Crippen LogP contribution < -0.4 is 21.1 Å². The van der Waals surface area contributed by atoms with Gasteiger partial charge in [0, 0.05) is 36.6 Å². The Balaban J connectivity index is 1.26. The highest BCUT2D eigenvalue weighted by atomic mass is 32.1.